The van der Waals surface area contributed by atoms with Gasteiger partial charge in [-0.3, -0.25) is 0 Å². The van der Waals surface area contributed by atoms with Crippen molar-refractivity contribution in [3.63, 3.8) is 0 Å². The first-order valence-corrected chi connectivity index (χ1v) is 5.35. The van der Waals surface area contributed by atoms with E-state index in [1.807, 2.05) is 6.20 Å². The Kier molecular flexibility index (Phi) is 2.99. The SMILES string of the molecule is Brc1ccc(CCc2cnc[nH]2)cc1. The van der Waals surface area contributed by atoms with Crippen LogP contribution in [0.2, 0.25) is 0 Å². The van der Waals surface area contributed by atoms with Gasteiger partial charge in [0.2, 0.25) is 0 Å². The van der Waals surface area contributed by atoms with Gasteiger partial charge < -0.3 is 4.98 Å². The molecule has 2 nitrogen and oxygen atoms in total. The molecule has 0 atom stereocenters. The Hall–Kier alpha value is -1.09. The number of nitrogens with one attached hydrogen (secondary N) is 1. The summed E-state index contributed by atoms with van der Waals surface area (Å²) in [5, 5.41) is 0. The predicted octanol–water partition coefficient (Wildman–Crippen LogP) is 2.96. The van der Waals surface area contributed by atoms with Crippen molar-refractivity contribution in [2.45, 2.75) is 12.8 Å². The van der Waals surface area contributed by atoms with Gasteiger partial charge in [0.25, 0.3) is 0 Å². The summed E-state index contributed by atoms with van der Waals surface area (Å²) in [6.07, 6.45) is 5.66. The Morgan fingerprint density at radius 3 is 2.57 bits per heavy atom. The first kappa shape index (κ1) is 9.46. The van der Waals surface area contributed by atoms with Gasteiger partial charge in [-0.1, -0.05) is 28.1 Å². The maximum absolute atomic E-state index is 3.99. The molecule has 0 unspecified atom stereocenters. The molecule has 0 amide bonds. The first-order chi connectivity index (χ1) is 6.84. The highest BCUT2D eigenvalue weighted by Gasteiger charge is 1.96. The molecule has 2 aromatic rings. The van der Waals surface area contributed by atoms with Crippen LogP contribution in [0.5, 0.6) is 0 Å². The fourth-order valence-electron chi connectivity index (χ4n) is 1.35. The van der Waals surface area contributed by atoms with Crippen LogP contribution in [0.4, 0.5) is 0 Å². The van der Waals surface area contributed by atoms with E-state index in [4.69, 9.17) is 0 Å². The molecule has 2 rings (SSSR count). The molecule has 0 aliphatic rings. The van der Waals surface area contributed by atoms with E-state index in [2.05, 4.69) is 50.2 Å². The summed E-state index contributed by atoms with van der Waals surface area (Å²) in [4.78, 5) is 7.08. The second-order valence-corrected chi connectivity index (χ2v) is 4.12. The fourth-order valence-corrected chi connectivity index (χ4v) is 1.62. The molecule has 0 saturated carbocycles. The maximum Gasteiger partial charge on any atom is 0.0921 e. The van der Waals surface area contributed by atoms with E-state index >= 15 is 0 Å². The quantitative estimate of drug-likeness (QED) is 0.892. The van der Waals surface area contributed by atoms with Crippen molar-refractivity contribution in [1.82, 2.24) is 9.97 Å². The molecular formula is C11H11BrN2. The highest BCUT2D eigenvalue weighted by molar-refractivity contribution is 9.10. The number of H-pyrrole nitrogens is 1. The minimum Gasteiger partial charge on any atom is -0.348 e. The molecule has 0 aliphatic heterocycles. The van der Waals surface area contributed by atoms with Crippen molar-refractivity contribution in [3.8, 4) is 0 Å². The molecule has 0 spiro atoms. The van der Waals surface area contributed by atoms with E-state index < -0.39 is 0 Å². The minimum atomic E-state index is 1.02. The zero-order valence-electron chi connectivity index (χ0n) is 7.70. The second-order valence-electron chi connectivity index (χ2n) is 3.20. The van der Waals surface area contributed by atoms with Gasteiger partial charge in [-0.25, -0.2) is 4.98 Å². The van der Waals surface area contributed by atoms with Gasteiger partial charge >= 0.3 is 0 Å². The lowest BCUT2D eigenvalue weighted by atomic mass is 10.1. The Labute approximate surface area is 91.5 Å². The van der Waals surface area contributed by atoms with Crippen molar-refractivity contribution in [2.75, 3.05) is 0 Å². The fraction of sp³-hybridized carbons (Fsp3) is 0.182. The number of halogens is 1. The molecule has 72 valence electrons. The van der Waals surface area contributed by atoms with Gasteiger partial charge in [0, 0.05) is 16.4 Å². The van der Waals surface area contributed by atoms with Crippen molar-refractivity contribution in [1.29, 1.82) is 0 Å². The average Bonchev–Trinajstić information content (AvgIpc) is 2.70. The number of nitrogens with zero attached hydrogens (tertiary/aromatic N) is 1. The lowest BCUT2D eigenvalue weighted by Crippen LogP contribution is -1.90. The molecule has 1 N–H and O–H groups in total. The highest BCUT2D eigenvalue weighted by atomic mass is 79.9. The van der Waals surface area contributed by atoms with E-state index in [1.165, 1.54) is 11.3 Å². The topological polar surface area (TPSA) is 28.7 Å². The van der Waals surface area contributed by atoms with Crippen LogP contribution in [0.25, 0.3) is 0 Å². The summed E-state index contributed by atoms with van der Waals surface area (Å²) in [5.41, 5.74) is 2.54. The summed E-state index contributed by atoms with van der Waals surface area (Å²) in [6.45, 7) is 0. The minimum absolute atomic E-state index is 1.02. The Morgan fingerprint density at radius 2 is 1.93 bits per heavy atom. The molecule has 0 aliphatic carbocycles. The number of aromatic nitrogens is 2. The predicted molar refractivity (Wildman–Crippen MR) is 60.1 cm³/mol. The third-order valence-corrected chi connectivity index (χ3v) is 2.68. The number of hydrogen-bond donors (Lipinski definition) is 1. The average molecular weight is 251 g/mol. The van der Waals surface area contributed by atoms with Gasteiger partial charge in [0.15, 0.2) is 0 Å². The smallest absolute Gasteiger partial charge is 0.0921 e. The van der Waals surface area contributed by atoms with Crippen LogP contribution in [0.1, 0.15) is 11.3 Å². The van der Waals surface area contributed by atoms with E-state index in [-0.39, 0.29) is 0 Å². The largest absolute Gasteiger partial charge is 0.348 e. The van der Waals surface area contributed by atoms with Gasteiger partial charge in [0.05, 0.1) is 6.33 Å². The highest BCUT2D eigenvalue weighted by Crippen LogP contribution is 2.11. The van der Waals surface area contributed by atoms with E-state index in [1.54, 1.807) is 6.33 Å². The van der Waals surface area contributed by atoms with Crippen LogP contribution in [0.15, 0.2) is 41.3 Å². The maximum atomic E-state index is 3.99. The molecule has 14 heavy (non-hydrogen) atoms. The summed E-state index contributed by atoms with van der Waals surface area (Å²) in [5.74, 6) is 0. The van der Waals surface area contributed by atoms with Crippen molar-refractivity contribution >= 4 is 15.9 Å². The third-order valence-electron chi connectivity index (χ3n) is 2.15. The van der Waals surface area contributed by atoms with Crippen LogP contribution in [-0.2, 0) is 12.8 Å². The van der Waals surface area contributed by atoms with Crippen LogP contribution in [0, 0.1) is 0 Å². The lowest BCUT2D eigenvalue weighted by molar-refractivity contribution is 0.925. The van der Waals surface area contributed by atoms with Gasteiger partial charge in [-0.05, 0) is 30.5 Å². The monoisotopic (exact) mass is 250 g/mol. The molecule has 1 aromatic carbocycles. The number of rotatable bonds is 3. The molecule has 1 heterocycles. The third kappa shape index (κ3) is 2.45. The van der Waals surface area contributed by atoms with Crippen molar-refractivity contribution in [3.05, 3.63) is 52.5 Å². The van der Waals surface area contributed by atoms with E-state index in [0.29, 0.717) is 0 Å². The van der Waals surface area contributed by atoms with Gasteiger partial charge in [0.1, 0.15) is 0 Å². The Balaban J connectivity index is 1.95. The van der Waals surface area contributed by atoms with Crippen molar-refractivity contribution in [2.24, 2.45) is 0 Å². The Morgan fingerprint density at radius 1 is 1.14 bits per heavy atom. The zero-order chi connectivity index (χ0) is 9.80. The molecule has 0 saturated heterocycles. The van der Waals surface area contributed by atoms with E-state index in [9.17, 15) is 0 Å². The number of benzene rings is 1. The van der Waals surface area contributed by atoms with Crippen molar-refractivity contribution < 1.29 is 0 Å². The molecule has 0 radical (unpaired) electrons. The van der Waals surface area contributed by atoms with Gasteiger partial charge in [-0.15, -0.1) is 0 Å². The first-order valence-electron chi connectivity index (χ1n) is 4.56. The number of imidazole rings is 1. The number of hydrogen-bond acceptors (Lipinski definition) is 1. The van der Waals surface area contributed by atoms with Crippen LogP contribution in [-0.4, -0.2) is 9.97 Å². The molecule has 3 heteroatoms. The Bertz CT molecular complexity index is 378. The number of aryl methyl sites for hydroxylation is 2. The molecule has 0 fully saturated rings. The lowest BCUT2D eigenvalue weighted by Gasteiger charge is -1.99. The number of aromatic amines is 1. The van der Waals surface area contributed by atoms with Crippen LogP contribution in [0.3, 0.4) is 0 Å². The van der Waals surface area contributed by atoms with Crippen LogP contribution >= 0.6 is 15.9 Å². The molecule has 0 bridgehead atoms. The second kappa shape index (κ2) is 4.42. The summed E-state index contributed by atoms with van der Waals surface area (Å²) in [7, 11) is 0. The normalized spacial score (nSPS) is 10.4. The molecular weight excluding hydrogens is 240 g/mol. The summed E-state index contributed by atoms with van der Waals surface area (Å²) < 4.78 is 1.13. The molecule has 1 aromatic heterocycles. The summed E-state index contributed by atoms with van der Waals surface area (Å²) >= 11 is 3.42. The summed E-state index contributed by atoms with van der Waals surface area (Å²) in [6, 6.07) is 8.42. The standard InChI is InChI=1S/C11H11BrN2/c12-10-4-1-9(2-5-10)3-6-11-7-13-8-14-11/h1-2,4-5,7-8H,3,6H2,(H,13,14). The zero-order valence-corrected chi connectivity index (χ0v) is 9.29. The van der Waals surface area contributed by atoms with Crippen LogP contribution < -0.4 is 0 Å². The van der Waals surface area contributed by atoms with Gasteiger partial charge in [-0.2, -0.15) is 0 Å². The van der Waals surface area contributed by atoms with E-state index in [0.717, 1.165) is 17.3 Å².